The number of likely N-dealkylation sites (N-methyl/N-ethyl adjacent to an activating group) is 1. The van der Waals surface area contributed by atoms with Crippen LogP contribution in [0.2, 0.25) is 0 Å². The van der Waals surface area contributed by atoms with Gasteiger partial charge in [0, 0.05) is 26.2 Å². The summed E-state index contributed by atoms with van der Waals surface area (Å²) in [7, 11) is 3.66. The molecule has 0 spiro atoms. The molecular weight excluding hydrogens is 264 g/mol. The zero-order valence-corrected chi connectivity index (χ0v) is 13.7. The number of hydrogen-bond acceptors (Lipinski definition) is 4. The molecule has 120 valence electrons. The normalized spacial score (nSPS) is 15.9. The van der Waals surface area contributed by atoms with Crippen LogP contribution in [0.3, 0.4) is 0 Å². The van der Waals surface area contributed by atoms with E-state index in [0.717, 1.165) is 13.1 Å². The van der Waals surface area contributed by atoms with Crippen LogP contribution >= 0.6 is 0 Å². The summed E-state index contributed by atoms with van der Waals surface area (Å²) >= 11 is 0. The molecule has 0 saturated heterocycles. The number of hydrogen-bond donors (Lipinski definition) is 2. The Balaban J connectivity index is 2.59. The third-order valence-electron chi connectivity index (χ3n) is 3.63. The highest BCUT2D eigenvalue weighted by atomic mass is 16.5. The number of rotatable bonds is 10. The van der Waals surface area contributed by atoms with Gasteiger partial charge in [-0.05, 0) is 25.1 Å². The van der Waals surface area contributed by atoms with Crippen molar-refractivity contribution in [1.82, 2.24) is 10.2 Å². The lowest BCUT2D eigenvalue weighted by atomic mass is 9.94. The molecule has 0 fully saturated rings. The van der Waals surface area contributed by atoms with Crippen molar-refractivity contribution < 1.29 is 9.84 Å². The van der Waals surface area contributed by atoms with E-state index >= 15 is 0 Å². The highest BCUT2D eigenvalue weighted by molar-refractivity contribution is 5.19. The van der Waals surface area contributed by atoms with Crippen LogP contribution in [-0.4, -0.2) is 56.5 Å². The molecule has 1 rings (SSSR count). The van der Waals surface area contributed by atoms with Crippen LogP contribution in [0.4, 0.5) is 0 Å². The van der Waals surface area contributed by atoms with Crippen molar-refractivity contribution in [2.24, 2.45) is 5.92 Å². The van der Waals surface area contributed by atoms with E-state index in [2.05, 4.69) is 48.3 Å². The number of aliphatic hydroxyl groups is 1. The second-order valence-corrected chi connectivity index (χ2v) is 5.75. The van der Waals surface area contributed by atoms with E-state index in [4.69, 9.17) is 4.74 Å². The summed E-state index contributed by atoms with van der Waals surface area (Å²) in [6.07, 6.45) is -0.429. The first-order valence-corrected chi connectivity index (χ1v) is 7.72. The van der Waals surface area contributed by atoms with Crippen LogP contribution in [0, 0.1) is 5.92 Å². The summed E-state index contributed by atoms with van der Waals surface area (Å²) in [4.78, 5) is 2.17. The van der Waals surface area contributed by atoms with E-state index in [1.54, 1.807) is 7.11 Å². The van der Waals surface area contributed by atoms with Crippen LogP contribution in [0.5, 0.6) is 0 Å². The second-order valence-electron chi connectivity index (χ2n) is 5.75. The molecule has 3 unspecified atom stereocenters. The minimum atomic E-state index is -0.429. The molecule has 1 aromatic carbocycles. The van der Waals surface area contributed by atoms with Gasteiger partial charge in [-0.2, -0.15) is 0 Å². The van der Waals surface area contributed by atoms with Crippen LogP contribution < -0.4 is 5.32 Å². The summed E-state index contributed by atoms with van der Waals surface area (Å²) in [5, 5.41) is 13.4. The van der Waals surface area contributed by atoms with Gasteiger partial charge < -0.3 is 20.1 Å². The smallest absolute Gasteiger partial charge is 0.0899 e. The molecule has 0 radical (unpaired) electrons. The highest BCUT2D eigenvalue weighted by Gasteiger charge is 2.20. The molecule has 1 aromatic rings. The van der Waals surface area contributed by atoms with E-state index in [1.807, 2.05) is 13.1 Å². The fourth-order valence-corrected chi connectivity index (χ4v) is 2.80. The summed E-state index contributed by atoms with van der Waals surface area (Å²) in [5.41, 5.74) is 1.32. The van der Waals surface area contributed by atoms with Crippen molar-refractivity contribution in [2.75, 3.05) is 40.4 Å². The topological polar surface area (TPSA) is 44.7 Å². The summed E-state index contributed by atoms with van der Waals surface area (Å²) in [6, 6.07) is 10.9. The Morgan fingerprint density at radius 1 is 1.24 bits per heavy atom. The van der Waals surface area contributed by atoms with E-state index < -0.39 is 6.10 Å². The molecule has 0 aromatic heterocycles. The minimum Gasteiger partial charge on any atom is -0.389 e. The summed E-state index contributed by atoms with van der Waals surface area (Å²) < 4.78 is 4.98. The largest absolute Gasteiger partial charge is 0.389 e. The molecule has 0 heterocycles. The molecule has 4 heteroatoms. The Morgan fingerprint density at radius 3 is 2.48 bits per heavy atom. The van der Waals surface area contributed by atoms with Gasteiger partial charge in [0.25, 0.3) is 0 Å². The lowest BCUT2D eigenvalue weighted by Gasteiger charge is -2.30. The molecule has 0 saturated carbocycles. The first kappa shape index (κ1) is 18.1. The van der Waals surface area contributed by atoms with Crippen molar-refractivity contribution in [1.29, 1.82) is 0 Å². The first-order valence-electron chi connectivity index (χ1n) is 7.72. The lowest BCUT2D eigenvalue weighted by molar-refractivity contribution is 0.0396. The lowest BCUT2D eigenvalue weighted by Crippen LogP contribution is -2.38. The fraction of sp³-hybridized carbons (Fsp3) is 0.647. The molecular formula is C17H30N2O2. The van der Waals surface area contributed by atoms with E-state index in [9.17, 15) is 5.11 Å². The van der Waals surface area contributed by atoms with Gasteiger partial charge in [-0.15, -0.1) is 0 Å². The van der Waals surface area contributed by atoms with Crippen molar-refractivity contribution in [2.45, 2.75) is 26.0 Å². The number of methoxy groups -OCH3 is 1. The Bertz CT molecular complexity index is 372. The Kier molecular flexibility index (Phi) is 8.54. The summed E-state index contributed by atoms with van der Waals surface area (Å²) in [6.45, 7) is 7.27. The Hall–Kier alpha value is -0.940. The van der Waals surface area contributed by atoms with Gasteiger partial charge in [-0.3, -0.25) is 0 Å². The molecule has 0 bridgehead atoms. The van der Waals surface area contributed by atoms with Gasteiger partial charge in [0.05, 0.1) is 12.7 Å². The standard InChI is InChI=1S/C17H30N2O2/c1-5-18-17(15-9-7-6-8-10-15)14(2)11-19(3)12-16(20)13-21-4/h6-10,14,16-18,20H,5,11-13H2,1-4H3. The maximum absolute atomic E-state index is 9.81. The predicted molar refractivity (Wildman–Crippen MR) is 87.4 cm³/mol. The van der Waals surface area contributed by atoms with Crippen molar-refractivity contribution in [3.05, 3.63) is 35.9 Å². The molecule has 3 atom stereocenters. The van der Waals surface area contributed by atoms with Gasteiger partial charge >= 0.3 is 0 Å². The van der Waals surface area contributed by atoms with E-state index in [0.29, 0.717) is 25.1 Å². The molecule has 0 amide bonds. The van der Waals surface area contributed by atoms with E-state index in [-0.39, 0.29) is 0 Å². The second kappa shape index (κ2) is 9.90. The zero-order chi connectivity index (χ0) is 15.7. The Labute approximate surface area is 129 Å². The van der Waals surface area contributed by atoms with Crippen LogP contribution in [0.25, 0.3) is 0 Å². The zero-order valence-electron chi connectivity index (χ0n) is 13.7. The third kappa shape index (κ3) is 6.57. The third-order valence-corrected chi connectivity index (χ3v) is 3.63. The molecule has 4 nitrogen and oxygen atoms in total. The van der Waals surface area contributed by atoms with Gasteiger partial charge in [-0.25, -0.2) is 0 Å². The maximum atomic E-state index is 9.81. The average Bonchev–Trinajstić information content (AvgIpc) is 2.45. The Morgan fingerprint density at radius 2 is 1.90 bits per heavy atom. The monoisotopic (exact) mass is 294 g/mol. The quantitative estimate of drug-likeness (QED) is 0.692. The van der Waals surface area contributed by atoms with Crippen molar-refractivity contribution >= 4 is 0 Å². The van der Waals surface area contributed by atoms with Gasteiger partial charge in [0.15, 0.2) is 0 Å². The first-order chi connectivity index (χ1) is 10.1. The summed E-state index contributed by atoms with van der Waals surface area (Å²) in [5.74, 6) is 0.451. The van der Waals surface area contributed by atoms with Gasteiger partial charge in [0.1, 0.15) is 0 Å². The van der Waals surface area contributed by atoms with Crippen LogP contribution in [-0.2, 0) is 4.74 Å². The van der Waals surface area contributed by atoms with Crippen LogP contribution in [0.15, 0.2) is 30.3 Å². The number of nitrogens with zero attached hydrogens (tertiary/aromatic N) is 1. The van der Waals surface area contributed by atoms with Gasteiger partial charge in [0.2, 0.25) is 0 Å². The predicted octanol–water partition coefficient (Wildman–Crippen LogP) is 1.91. The minimum absolute atomic E-state index is 0.332. The van der Waals surface area contributed by atoms with Crippen molar-refractivity contribution in [3.63, 3.8) is 0 Å². The number of nitrogens with one attached hydrogen (secondary N) is 1. The van der Waals surface area contributed by atoms with Crippen molar-refractivity contribution in [3.8, 4) is 0 Å². The fourth-order valence-electron chi connectivity index (χ4n) is 2.80. The average molecular weight is 294 g/mol. The molecule has 2 N–H and O–H groups in total. The highest BCUT2D eigenvalue weighted by Crippen LogP contribution is 2.22. The van der Waals surface area contributed by atoms with Crippen LogP contribution in [0.1, 0.15) is 25.5 Å². The number of ether oxygens (including phenoxy) is 1. The van der Waals surface area contributed by atoms with Gasteiger partial charge in [-0.1, -0.05) is 44.2 Å². The molecule has 0 aliphatic heterocycles. The van der Waals surface area contributed by atoms with E-state index in [1.165, 1.54) is 5.56 Å². The maximum Gasteiger partial charge on any atom is 0.0899 e. The molecule has 0 aliphatic rings. The molecule has 0 aliphatic carbocycles. The molecule has 21 heavy (non-hydrogen) atoms. The number of benzene rings is 1. The number of aliphatic hydroxyl groups excluding tert-OH is 1. The SMILES string of the molecule is CCNC(c1ccccc1)C(C)CN(C)CC(O)COC.